The van der Waals surface area contributed by atoms with Gasteiger partial charge in [-0.05, 0) is 0 Å². The molecule has 1 aliphatic heterocycles. The van der Waals surface area contributed by atoms with E-state index in [-0.39, 0.29) is 0 Å². The minimum Gasteiger partial charge on any atom is -0.375 e. The third-order valence-electron chi connectivity index (χ3n) is 1.13. The molecule has 0 aromatic carbocycles. The van der Waals surface area contributed by atoms with Gasteiger partial charge in [0.05, 0.1) is 0 Å². The number of esters is 1. The lowest BCUT2D eigenvalue weighted by Gasteiger charge is -2.11. The summed E-state index contributed by atoms with van der Waals surface area (Å²) in [5.74, 6) is -0.798. The van der Waals surface area contributed by atoms with Gasteiger partial charge in [0.1, 0.15) is 12.8 Å². The fraction of sp³-hybridized carbons (Fsp3) is 0.500. The Morgan fingerprint density at radius 1 is 1.50 bits per heavy atom. The number of cyclic esters (lactones) is 2. The van der Waals surface area contributed by atoms with E-state index in [1.165, 1.54) is 0 Å². The molecule has 2 N–H and O–H groups in total. The molecule has 1 amide bonds. The number of carbonyl (C=O) groups is 2. The van der Waals surface area contributed by atoms with Crippen molar-refractivity contribution in [1.82, 2.24) is 4.90 Å². The maximum absolute atomic E-state index is 10.6. The molecule has 7 nitrogen and oxygen atoms in total. The predicted molar refractivity (Wildman–Crippen MR) is 35.1 cm³/mol. The van der Waals surface area contributed by atoms with Crippen LogP contribution < -0.4 is 0 Å². The van der Waals surface area contributed by atoms with Gasteiger partial charge >= 0.3 is 19.7 Å². The van der Waals surface area contributed by atoms with E-state index >= 15 is 0 Å². The minimum absolute atomic E-state index is 0.399. The lowest BCUT2D eigenvalue weighted by molar-refractivity contribution is -0.132. The molecule has 1 heterocycles. The van der Waals surface area contributed by atoms with Crippen molar-refractivity contribution in [2.75, 3.05) is 12.8 Å². The Balaban J connectivity index is 2.61. The van der Waals surface area contributed by atoms with Gasteiger partial charge in [-0.1, -0.05) is 0 Å². The summed E-state index contributed by atoms with van der Waals surface area (Å²) in [6.45, 7) is -0.399. The number of rotatable bonds is 2. The molecule has 1 fully saturated rings. The van der Waals surface area contributed by atoms with Crippen molar-refractivity contribution in [2.45, 2.75) is 0 Å². The molecular weight excluding hydrogens is 189 g/mol. The van der Waals surface area contributed by atoms with Gasteiger partial charge in [-0.3, -0.25) is 9.46 Å². The van der Waals surface area contributed by atoms with Gasteiger partial charge < -0.3 is 14.5 Å². The molecule has 0 aromatic rings. The molecule has 0 spiro atoms. The Morgan fingerprint density at radius 2 is 2.08 bits per heavy atom. The monoisotopic (exact) mass is 195 g/mol. The summed E-state index contributed by atoms with van der Waals surface area (Å²) < 4.78 is 14.4. The van der Waals surface area contributed by atoms with Crippen LogP contribution in [0, 0.1) is 0 Å². The molecule has 68 valence electrons. The van der Waals surface area contributed by atoms with E-state index < -0.39 is 32.5 Å². The van der Waals surface area contributed by atoms with E-state index in [1.54, 1.807) is 0 Å². The van der Waals surface area contributed by atoms with Crippen molar-refractivity contribution < 1.29 is 28.7 Å². The number of carbonyl (C=O) groups excluding carboxylic acids is 2. The van der Waals surface area contributed by atoms with E-state index in [0.29, 0.717) is 4.90 Å². The molecule has 8 heteroatoms. The van der Waals surface area contributed by atoms with Gasteiger partial charge in [0.25, 0.3) is 0 Å². The van der Waals surface area contributed by atoms with Crippen LogP contribution in [0.15, 0.2) is 0 Å². The lowest BCUT2D eigenvalue weighted by atomic mass is 10.6. The lowest BCUT2D eigenvalue weighted by Crippen LogP contribution is -2.25. The Kier molecular flexibility index (Phi) is 2.18. The first-order valence-electron chi connectivity index (χ1n) is 2.92. The summed E-state index contributed by atoms with van der Waals surface area (Å²) in [5.41, 5.74) is 0. The zero-order valence-electron chi connectivity index (χ0n) is 5.84. The summed E-state index contributed by atoms with van der Waals surface area (Å²) in [7, 11) is -4.31. The molecule has 0 saturated carbocycles. The highest BCUT2D eigenvalue weighted by Crippen LogP contribution is 2.35. The van der Waals surface area contributed by atoms with Crippen LogP contribution in [0.25, 0.3) is 0 Å². The molecule has 0 aliphatic carbocycles. The van der Waals surface area contributed by atoms with Crippen molar-refractivity contribution in [3.63, 3.8) is 0 Å². The summed E-state index contributed by atoms with van der Waals surface area (Å²) in [4.78, 5) is 38.5. The molecule has 12 heavy (non-hydrogen) atoms. The molecule has 1 rings (SSSR count). The van der Waals surface area contributed by atoms with Crippen LogP contribution in [0.2, 0.25) is 0 Å². The third-order valence-corrected chi connectivity index (χ3v) is 1.84. The van der Waals surface area contributed by atoms with Crippen molar-refractivity contribution >= 4 is 19.7 Å². The van der Waals surface area contributed by atoms with Gasteiger partial charge in [0.2, 0.25) is 0 Å². The van der Waals surface area contributed by atoms with Gasteiger partial charge in [-0.2, -0.15) is 0 Å². The van der Waals surface area contributed by atoms with Crippen molar-refractivity contribution in [2.24, 2.45) is 0 Å². The van der Waals surface area contributed by atoms with Crippen LogP contribution in [-0.4, -0.2) is 39.6 Å². The van der Waals surface area contributed by atoms with Crippen LogP contribution in [-0.2, 0) is 14.1 Å². The normalized spacial score (nSPS) is 18.3. The van der Waals surface area contributed by atoms with Gasteiger partial charge in [-0.15, -0.1) is 0 Å². The van der Waals surface area contributed by atoms with Gasteiger partial charge in [0.15, 0.2) is 0 Å². The second-order valence-electron chi connectivity index (χ2n) is 2.24. The second kappa shape index (κ2) is 2.85. The maximum atomic E-state index is 10.6. The molecular formula is C4H6NO6P. The van der Waals surface area contributed by atoms with Crippen LogP contribution in [0.3, 0.4) is 0 Å². The van der Waals surface area contributed by atoms with Gasteiger partial charge in [-0.25, -0.2) is 9.59 Å². The van der Waals surface area contributed by atoms with E-state index in [4.69, 9.17) is 9.79 Å². The molecule has 1 saturated heterocycles. The SMILES string of the molecule is O=C1CN(CP(=O)(O)O)C(=O)O1. The van der Waals surface area contributed by atoms with Crippen molar-refractivity contribution in [3.8, 4) is 0 Å². The molecule has 0 radical (unpaired) electrons. The van der Waals surface area contributed by atoms with E-state index in [2.05, 4.69) is 4.74 Å². The van der Waals surface area contributed by atoms with Crippen LogP contribution in [0.1, 0.15) is 0 Å². The van der Waals surface area contributed by atoms with Crippen LogP contribution in [0.5, 0.6) is 0 Å². The molecule has 0 atom stereocenters. The number of hydrogen-bond donors (Lipinski definition) is 2. The maximum Gasteiger partial charge on any atom is 0.418 e. The van der Waals surface area contributed by atoms with Crippen LogP contribution >= 0.6 is 7.60 Å². The highest BCUT2D eigenvalue weighted by atomic mass is 31.2. The average molecular weight is 195 g/mol. The molecule has 0 bridgehead atoms. The minimum atomic E-state index is -4.31. The summed E-state index contributed by atoms with van der Waals surface area (Å²) in [5, 5.41) is 0. The zero-order valence-corrected chi connectivity index (χ0v) is 6.73. The fourth-order valence-corrected chi connectivity index (χ4v) is 1.40. The first kappa shape index (κ1) is 9.18. The molecule has 0 aromatic heterocycles. The highest BCUT2D eigenvalue weighted by Gasteiger charge is 2.33. The molecule has 1 aliphatic rings. The second-order valence-corrected chi connectivity index (χ2v) is 3.86. The first-order chi connectivity index (χ1) is 5.38. The van der Waals surface area contributed by atoms with Gasteiger partial charge in [0, 0.05) is 0 Å². The Bertz CT molecular complexity index is 269. The third kappa shape index (κ3) is 2.30. The van der Waals surface area contributed by atoms with Crippen LogP contribution in [0.4, 0.5) is 4.79 Å². The quantitative estimate of drug-likeness (QED) is 0.336. The number of hydrogen-bond acceptors (Lipinski definition) is 4. The Morgan fingerprint density at radius 3 is 2.42 bits per heavy atom. The van der Waals surface area contributed by atoms with E-state index in [0.717, 1.165) is 0 Å². The largest absolute Gasteiger partial charge is 0.418 e. The fourth-order valence-electron chi connectivity index (χ4n) is 0.745. The smallest absolute Gasteiger partial charge is 0.375 e. The van der Waals surface area contributed by atoms with Crippen molar-refractivity contribution in [1.29, 1.82) is 0 Å². The molecule has 0 unspecified atom stereocenters. The predicted octanol–water partition coefficient (Wildman–Crippen LogP) is -0.900. The summed E-state index contributed by atoms with van der Waals surface area (Å²) in [6.07, 6.45) is -1.79. The number of amides is 1. The van der Waals surface area contributed by atoms with E-state index in [9.17, 15) is 14.2 Å². The van der Waals surface area contributed by atoms with E-state index in [1.807, 2.05) is 0 Å². The standard InChI is InChI=1S/C4H6NO6P/c6-3-1-5(4(7)11-3)2-12(8,9)10/h1-2H2,(H2,8,9,10). The average Bonchev–Trinajstić information content (AvgIpc) is 2.06. The first-order valence-corrected chi connectivity index (χ1v) is 4.72. The number of nitrogens with zero attached hydrogens (tertiary/aromatic N) is 1. The zero-order chi connectivity index (χ0) is 9.35. The Hall–Kier alpha value is -0.910. The topological polar surface area (TPSA) is 104 Å². The number of ether oxygens (including phenoxy) is 1. The highest BCUT2D eigenvalue weighted by molar-refractivity contribution is 7.51. The summed E-state index contributed by atoms with van der Waals surface area (Å²) >= 11 is 0. The van der Waals surface area contributed by atoms with Crippen molar-refractivity contribution in [3.05, 3.63) is 0 Å². The summed E-state index contributed by atoms with van der Waals surface area (Å²) in [6, 6.07) is 0. The Labute approximate surface area is 67.1 Å².